The zero-order valence-electron chi connectivity index (χ0n) is 17.5. The van der Waals surface area contributed by atoms with Crippen molar-refractivity contribution >= 4 is 29.0 Å². The van der Waals surface area contributed by atoms with Gasteiger partial charge in [-0.15, -0.1) is 0 Å². The summed E-state index contributed by atoms with van der Waals surface area (Å²) in [6.45, 7) is 0.364. The zero-order valence-corrected chi connectivity index (χ0v) is 17.5. The van der Waals surface area contributed by atoms with E-state index in [-0.39, 0.29) is 0 Å². The van der Waals surface area contributed by atoms with Crippen molar-refractivity contribution < 1.29 is 14.6 Å². The lowest BCUT2D eigenvalue weighted by Gasteiger charge is -2.09. The third kappa shape index (κ3) is 5.70. The Labute approximate surface area is 187 Å². The van der Waals surface area contributed by atoms with E-state index in [0.29, 0.717) is 6.61 Å². The second-order valence-corrected chi connectivity index (χ2v) is 7.30. The maximum atomic E-state index is 10.8. The first-order chi connectivity index (χ1) is 15.7. The molecule has 1 N–H and O–H groups in total. The monoisotopic (exact) mass is 421 g/mol. The Morgan fingerprint density at radius 3 is 2.69 bits per heavy atom. The van der Waals surface area contributed by atoms with Crippen LogP contribution in [0.2, 0.25) is 0 Å². The third-order valence-electron chi connectivity index (χ3n) is 5.03. The molecule has 0 saturated heterocycles. The minimum Gasteiger partial charge on any atom is -0.489 e. The van der Waals surface area contributed by atoms with E-state index in [1.807, 2.05) is 72.8 Å². The second kappa shape index (κ2) is 10.2. The average molecular weight is 421 g/mol. The van der Waals surface area contributed by atoms with Gasteiger partial charge in [-0.25, -0.2) is 9.78 Å². The number of carboxylic acid groups (broad SMARTS) is 1. The van der Waals surface area contributed by atoms with Crippen LogP contribution in [0.3, 0.4) is 0 Å². The molecule has 1 aromatic heterocycles. The van der Waals surface area contributed by atoms with E-state index in [9.17, 15) is 4.79 Å². The Morgan fingerprint density at radius 2 is 1.78 bits per heavy atom. The SMILES string of the molecule is O=C(O)/C=C/c1ccccc1COC1=CCC=C(/C=C/c2ccc3ccccc3n2)C=C1. The fraction of sp³-hybridized carbons (Fsp3) is 0.0714. The van der Waals surface area contributed by atoms with Gasteiger partial charge in [0.15, 0.2) is 0 Å². The molecule has 4 heteroatoms. The first-order valence-corrected chi connectivity index (χ1v) is 10.4. The van der Waals surface area contributed by atoms with Gasteiger partial charge in [-0.05, 0) is 59.6 Å². The topological polar surface area (TPSA) is 59.4 Å². The molecule has 32 heavy (non-hydrogen) atoms. The Kier molecular flexibility index (Phi) is 6.73. The van der Waals surface area contributed by atoms with E-state index in [0.717, 1.165) is 51.6 Å². The molecule has 4 nitrogen and oxygen atoms in total. The van der Waals surface area contributed by atoms with Gasteiger partial charge in [-0.3, -0.25) is 0 Å². The Morgan fingerprint density at radius 1 is 0.938 bits per heavy atom. The van der Waals surface area contributed by atoms with Crippen LogP contribution in [0.1, 0.15) is 23.2 Å². The highest BCUT2D eigenvalue weighted by molar-refractivity contribution is 5.85. The number of carbonyl (C=O) groups is 1. The van der Waals surface area contributed by atoms with Crippen LogP contribution in [-0.2, 0) is 16.1 Å². The second-order valence-electron chi connectivity index (χ2n) is 7.30. The molecule has 0 radical (unpaired) electrons. The molecule has 0 fully saturated rings. The van der Waals surface area contributed by atoms with Crippen LogP contribution in [0.5, 0.6) is 0 Å². The predicted octanol–water partition coefficient (Wildman–Crippen LogP) is 6.33. The summed E-state index contributed by atoms with van der Waals surface area (Å²) in [4.78, 5) is 15.5. The van der Waals surface area contributed by atoms with E-state index >= 15 is 0 Å². The largest absolute Gasteiger partial charge is 0.489 e. The van der Waals surface area contributed by atoms with Crippen LogP contribution in [0.15, 0.2) is 108 Å². The number of aromatic nitrogens is 1. The Hall–Kier alpha value is -4.18. The summed E-state index contributed by atoms with van der Waals surface area (Å²) in [5.74, 6) is -0.189. The van der Waals surface area contributed by atoms with Gasteiger partial charge in [-0.2, -0.15) is 0 Å². The van der Waals surface area contributed by atoms with E-state index in [4.69, 9.17) is 9.84 Å². The van der Waals surface area contributed by atoms with Crippen molar-refractivity contribution in [2.75, 3.05) is 0 Å². The lowest BCUT2D eigenvalue weighted by Crippen LogP contribution is -1.95. The van der Waals surface area contributed by atoms with Gasteiger partial charge in [0.1, 0.15) is 12.4 Å². The number of allylic oxidation sites excluding steroid dienone is 6. The number of hydrogen-bond acceptors (Lipinski definition) is 3. The van der Waals surface area contributed by atoms with Crippen LogP contribution in [-0.4, -0.2) is 16.1 Å². The number of benzene rings is 2. The molecular weight excluding hydrogens is 398 g/mol. The lowest BCUT2D eigenvalue weighted by molar-refractivity contribution is -0.131. The number of rotatable bonds is 7. The fourth-order valence-electron chi connectivity index (χ4n) is 3.36. The van der Waals surface area contributed by atoms with Gasteiger partial charge in [0.25, 0.3) is 0 Å². The van der Waals surface area contributed by atoms with Crippen LogP contribution in [0.4, 0.5) is 0 Å². The minimum absolute atomic E-state index is 0.364. The number of pyridine rings is 1. The van der Waals surface area contributed by atoms with Crippen molar-refractivity contribution in [1.29, 1.82) is 0 Å². The number of aliphatic carboxylic acids is 1. The van der Waals surface area contributed by atoms with Gasteiger partial charge in [-0.1, -0.05) is 66.8 Å². The summed E-state index contributed by atoms with van der Waals surface area (Å²) >= 11 is 0. The standard InChI is InChI=1S/C28H23NO3/c30-28(31)19-15-22-7-1-2-9-24(22)20-32-26-10-5-6-21(13-18-26)12-16-25-17-14-23-8-3-4-11-27(23)29-25/h1-4,6-19H,5,20H2,(H,30,31)/b16-12+,19-15+. The normalized spacial score (nSPS) is 13.9. The van der Waals surface area contributed by atoms with Crippen molar-refractivity contribution in [3.8, 4) is 0 Å². The summed E-state index contributed by atoms with van der Waals surface area (Å²) in [5.41, 5.74) is 4.74. The van der Waals surface area contributed by atoms with E-state index in [2.05, 4.69) is 29.3 Å². The molecule has 1 aliphatic carbocycles. The molecule has 0 aliphatic heterocycles. The number of nitrogens with zero attached hydrogens (tertiary/aromatic N) is 1. The molecule has 3 aromatic rings. The molecule has 158 valence electrons. The zero-order chi connectivity index (χ0) is 22.2. The number of ether oxygens (including phenoxy) is 1. The van der Waals surface area contributed by atoms with E-state index < -0.39 is 5.97 Å². The number of carboxylic acids is 1. The van der Waals surface area contributed by atoms with Gasteiger partial charge in [0.2, 0.25) is 0 Å². The van der Waals surface area contributed by atoms with Gasteiger partial charge in [0.05, 0.1) is 11.2 Å². The molecule has 0 bridgehead atoms. The number of hydrogen-bond donors (Lipinski definition) is 1. The molecule has 1 aliphatic rings. The molecular formula is C28H23NO3. The summed E-state index contributed by atoms with van der Waals surface area (Å²) in [6, 6.07) is 19.8. The molecule has 4 rings (SSSR count). The highest BCUT2D eigenvalue weighted by atomic mass is 16.5. The quantitative estimate of drug-likeness (QED) is 0.453. The Balaban J connectivity index is 1.39. The molecule has 2 aromatic carbocycles. The van der Waals surface area contributed by atoms with Crippen molar-refractivity contribution in [3.63, 3.8) is 0 Å². The van der Waals surface area contributed by atoms with Gasteiger partial charge >= 0.3 is 5.97 Å². The lowest BCUT2D eigenvalue weighted by atomic mass is 10.1. The molecule has 0 atom stereocenters. The predicted molar refractivity (Wildman–Crippen MR) is 129 cm³/mol. The molecule has 0 unspecified atom stereocenters. The van der Waals surface area contributed by atoms with E-state index in [1.165, 1.54) is 0 Å². The number of para-hydroxylation sites is 1. The van der Waals surface area contributed by atoms with Crippen molar-refractivity contribution in [2.24, 2.45) is 0 Å². The van der Waals surface area contributed by atoms with Crippen LogP contribution < -0.4 is 0 Å². The molecule has 0 amide bonds. The van der Waals surface area contributed by atoms with Gasteiger partial charge in [0, 0.05) is 11.5 Å². The molecule has 0 spiro atoms. The summed E-state index contributed by atoms with van der Waals surface area (Å²) in [5, 5.41) is 10.00. The first-order valence-electron chi connectivity index (χ1n) is 10.4. The van der Waals surface area contributed by atoms with Crippen molar-refractivity contribution in [3.05, 3.63) is 125 Å². The number of fused-ring (bicyclic) bond motifs is 1. The highest BCUT2D eigenvalue weighted by Gasteiger charge is 2.03. The van der Waals surface area contributed by atoms with Crippen LogP contribution in [0.25, 0.3) is 23.1 Å². The summed E-state index contributed by atoms with van der Waals surface area (Å²) < 4.78 is 5.98. The molecule has 0 saturated carbocycles. The smallest absolute Gasteiger partial charge is 0.328 e. The summed E-state index contributed by atoms with van der Waals surface area (Å²) in [6.07, 6.45) is 15.7. The first kappa shape index (κ1) is 21.1. The maximum absolute atomic E-state index is 10.8. The van der Waals surface area contributed by atoms with Crippen LogP contribution >= 0.6 is 0 Å². The van der Waals surface area contributed by atoms with Gasteiger partial charge < -0.3 is 9.84 Å². The maximum Gasteiger partial charge on any atom is 0.328 e. The highest BCUT2D eigenvalue weighted by Crippen LogP contribution is 2.18. The molecule has 1 heterocycles. The van der Waals surface area contributed by atoms with Crippen LogP contribution in [0, 0.1) is 0 Å². The van der Waals surface area contributed by atoms with E-state index in [1.54, 1.807) is 6.08 Å². The van der Waals surface area contributed by atoms with Crippen molar-refractivity contribution in [1.82, 2.24) is 4.98 Å². The minimum atomic E-state index is -0.972. The summed E-state index contributed by atoms with van der Waals surface area (Å²) in [7, 11) is 0. The third-order valence-corrected chi connectivity index (χ3v) is 5.03. The van der Waals surface area contributed by atoms with Crippen molar-refractivity contribution in [2.45, 2.75) is 13.0 Å². The fourth-order valence-corrected chi connectivity index (χ4v) is 3.36. The Bertz CT molecular complexity index is 1280. The average Bonchev–Trinajstić information content (AvgIpc) is 3.05.